The summed E-state index contributed by atoms with van der Waals surface area (Å²) >= 11 is 0. The summed E-state index contributed by atoms with van der Waals surface area (Å²) in [6.07, 6.45) is 3.62. The second-order valence-corrected chi connectivity index (χ2v) is 2.03. The molecule has 0 saturated carbocycles. The average Bonchev–Trinajstić information content (AvgIpc) is 2.43. The summed E-state index contributed by atoms with van der Waals surface area (Å²) < 4.78 is 5.22. The van der Waals surface area contributed by atoms with Gasteiger partial charge in [-0.15, -0.1) is 0 Å². The van der Waals surface area contributed by atoms with Crippen LogP contribution < -0.4 is 0 Å². The molecule has 0 amide bonds. The number of epoxide rings is 1. The molecule has 2 atom stereocenters. The quantitative estimate of drug-likeness (QED) is 0.410. The monoisotopic (exact) mass is 140 g/mol. The SMILES string of the molecule is CCC1OC1CC.[KH]. The first-order chi connectivity index (χ1) is 3.38. The van der Waals surface area contributed by atoms with E-state index < -0.39 is 0 Å². The third-order valence-corrected chi connectivity index (χ3v) is 1.49. The fourth-order valence-corrected chi connectivity index (χ4v) is 0.897. The Hall–Kier alpha value is 1.60. The van der Waals surface area contributed by atoms with Crippen molar-refractivity contribution in [2.24, 2.45) is 0 Å². The van der Waals surface area contributed by atoms with Crippen LogP contribution in [0.5, 0.6) is 0 Å². The van der Waals surface area contributed by atoms with Gasteiger partial charge in [-0.2, -0.15) is 0 Å². The normalized spacial score (nSPS) is 33.8. The van der Waals surface area contributed by atoms with Crippen LogP contribution in [0.2, 0.25) is 0 Å². The first-order valence-corrected chi connectivity index (χ1v) is 3.04. The molecule has 0 aromatic carbocycles. The van der Waals surface area contributed by atoms with Crippen molar-refractivity contribution < 1.29 is 4.74 Å². The van der Waals surface area contributed by atoms with Crippen LogP contribution in [0.4, 0.5) is 0 Å². The second-order valence-electron chi connectivity index (χ2n) is 2.03. The minimum absolute atomic E-state index is 0. The van der Waals surface area contributed by atoms with Gasteiger partial charge in [0.1, 0.15) is 0 Å². The van der Waals surface area contributed by atoms with Gasteiger partial charge in [0.2, 0.25) is 0 Å². The van der Waals surface area contributed by atoms with Gasteiger partial charge in [-0.25, -0.2) is 0 Å². The van der Waals surface area contributed by atoms with Crippen LogP contribution in [0.3, 0.4) is 0 Å². The molecule has 1 saturated heterocycles. The molecule has 1 rings (SSSR count). The van der Waals surface area contributed by atoms with Gasteiger partial charge in [0.25, 0.3) is 0 Å². The molecule has 0 radical (unpaired) electrons. The predicted molar refractivity (Wildman–Crippen MR) is 36.4 cm³/mol. The molecule has 0 aromatic rings. The van der Waals surface area contributed by atoms with Gasteiger partial charge >= 0.3 is 51.4 Å². The van der Waals surface area contributed by atoms with Gasteiger partial charge in [0.15, 0.2) is 0 Å². The summed E-state index contributed by atoms with van der Waals surface area (Å²) in [4.78, 5) is 0. The maximum atomic E-state index is 5.22. The molecule has 0 aromatic heterocycles. The summed E-state index contributed by atoms with van der Waals surface area (Å²) in [5, 5.41) is 0. The summed E-state index contributed by atoms with van der Waals surface area (Å²) in [5.41, 5.74) is 0. The van der Waals surface area contributed by atoms with E-state index >= 15 is 0 Å². The van der Waals surface area contributed by atoms with Gasteiger partial charge in [-0.3, -0.25) is 0 Å². The van der Waals surface area contributed by atoms with E-state index in [1.165, 1.54) is 12.8 Å². The molecule has 1 aliphatic heterocycles. The number of ether oxygens (including phenoxy) is 1. The molecular formula is C6H13KO. The van der Waals surface area contributed by atoms with Crippen molar-refractivity contribution in [3.05, 3.63) is 0 Å². The first kappa shape index (κ1) is 9.60. The zero-order valence-corrected chi connectivity index (χ0v) is 4.98. The second kappa shape index (κ2) is 4.42. The number of hydrogen-bond acceptors (Lipinski definition) is 1. The van der Waals surface area contributed by atoms with E-state index in [1.807, 2.05) is 0 Å². The molecule has 2 heteroatoms. The van der Waals surface area contributed by atoms with Gasteiger partial charge in [0, 0.05) is 0 Å². The van der Waals surface area contributed by atoms with Crippen LogP contribution in [0.25, 0.3) is 0 Å². The van der Waals surface area contributed by atoms with Crippen LogP contribution in [-0.4, -0.2) is 63.6 Å². The molecule has 0 bridgehead atoms. The molecule has 1 fully saturated rings. The Morgan fingerprint density at radius 1 is 1.12 bits per heavy atom. The van der Waals surface area contributed by atoms with Crippen LogP contribution in [-0.2, 0) is 4.74 Å². The van der Waals surface area contributed by atoms with Crippen LogP contribution in [0.1, 0.15) is 26.7 Å². The minimum atomic E-state index is 0. The molecule has 2 unspecified atom stereocenters. The molecule has 0 aliphatic carbocycles. The maximum absolute atomic E-state index is 5.22. The molecule has 0 spiro atoms. The van der Waals surface area contributed by atoms with Crippen molar-refractivity contribution in [1.82, 2.24) is 0 Å². The van der Waals surface area contributed by atoms with E-state index in [0.29, 0.717) is 12.2 Å². The zero-order chi connectivity index (χ0) is 5.28. The molecule has 1 heterocycles. The summed E-state index contributed by atoms with van der Waals surface area (Å²) in [6.45, 7) is 4.33. The van der Waals surface area contributed by atoms with E-state index in [-0.39, 0.29) is 51.4 Å². The van der Waals surface area contributed by atoms with E-state index in [9.17, 15) is 0 Å². The standard InChI is InChI=1S/C6H12O.K.H/c1-3-5-6(4-2)7-5;;/h5-6H,3-4H2,1-2H3;;. The van der Waals surface area contributed by atoms with Crippen molar-refractivity contribution in [3.8, 4) is 0 Å². The van der Waals surface area contributed by atoms with Gasteiger partial charge in [0.05, 0.1) is 12.2 Å². The van der Waals surface area contributed by atoms with Crippen molar-refractivity contribution in [3.63, 3.8) is 0 Å². The van der Waals surface area contributed by atoms with Crippen molar-refractivity contribution >= 4 is 51.4 Å². The third kappa shape index (κ3) is 2.46. The number of rotatable bonds is 2. The van der Waals surface area contributed by atoms with Gasteiger partial charge in [-0.1, -0.05) is 13.8 Å². The molecule has 0 N–H and O–H groups in total. The Kier molecular flexibility index (Phi) is 5.30. The third-order valence-electron chi connectivity index (χ3n) is 1.49. The molecule has 8 heavy (non-hydrogen) atoms. The van der Waals surface area contributed by atoms with Crippen LogP contribution in [0.15, 0.2) is 0 Å². The molecule has 1 nitrogen and oxygen atoms in total. The van der Waals surface area contributed by atoms with E-state index in [4.69, 9.17) is 4.74 Å². The fraction of sp³-hybridized carbons (Fsp3) is 1.00. The molecular weight excluding hydrogens is 127 g/mol. The predicted octanol–water partition coefficient (Wildman–Crippen LogP) is 0.925. The van der Waals surface area contributed by atoms with Crippen molar-refractivity contribution in [1.29, 1.82) is 0 Å². The van der Waals surface area contributed by atoms with Crippen LogP contribution in [0, 0.1) is 0 Å². The fourth-order valence-electron chi connectivity index (χ4n) is 0.897. The average molecular weight is 140 g/mol. The summed E-state index contributed by atoms with van der Waals surface area (Å²) in [5.74, 6) is 0. The van der Waals surface area contributed by atoms with Gasteiger partial charge in [-0.05, 0) is 12.8 Å². The molecule has 1 aliphatic rings. The van der Waals surface area contributed by atoms with Crippen LogP contribution >= 0.6 is 0 Å². The Labute approximate surface area is 93.6 Å². The first-order valence-electron chi connectivity index (χ1n) is 3.04. The Balaban J connectivity index is 0.000000490. The van der Waals surface area contributed by atoms with Gasteiger partial charge < -0.3 is 4.74 Å². The summed E-state index contributed by atoms with van der Waals surface area (Å²) in [6, 6.07) is 0. The van der Waals surface area contributed by atoms with E-state index in [0.717, 1.165) is 0 Å². The topological polar surface area (TPSA) is 12.5 Å². The summed E-state index contributed by atoms with van der Waals surface area (Å²) in [7, 11) is 0. The van der Waals surface area contributed by atoms with E-state index in [1.54, 1.807) is 0 Å². The van der Waals surface area contributed by atoms with E-state index in [2.05, 4.69) is 13.8 Å². The van der Waals surface area contributed by atoms with Crippen molar-refractivity contribution in [2.75, 3.05) is 0 Å². The molecule has 44 valence electrons. The Morgan fingerprint density at radius 2 is 1.50 bits per heavy atom. The Bertz CT molecular complexity index is 57.5. The zero-order valence-electron chi connectivity index (χ0n) is 4.98. The van der Waals surface area contributed by atoms with Crippen molar-refractivity contribution in [2.45, 2.75) is 38.9 Å². The number of hydrogen-bond donors (Lipinski definition) is 0. The Morgan fingerprint density at radius 3 is 1.62 bits per heavy atom.